The van der Waals surface area contributed by atoms with Crippen molar-refractivity contribution in [1.82, 2.24) is 4.98 Å². The maximum Gasteiger partial charge on any atom is 0.335 e. The van der Waals surface area contributed by atoms with Gasteiger partial charge in [0.05, 0.1) is 0 Å². The van der Waals surface area contributed by atoms with Crippen LogP contribution in [0.2, 0.25) is 0 Å². The van der Waals surface area contributed by atoms with Crippen LogP contribution in [0.1, 0.15) is 11.1 Å². The zero-order valence-electron chi connectivity index (χ0n) is 16.5. The number of halogens is 2. The predicted molar refractivity (Wildman–Crippen MR) is 106 cm³/mol. The fraction of sp³-hybridized carbons (Fsp3) is 0.238. The fourth-order valence-electron chi connectivity index (χ4n) is 3.60. The fourth-order valence-corrected chi connectivity index (χ4v) is 3.60. The quantitative estimate of drug-likeness (QED) is 0.324. The molecule has 2 heterocycles. The molecule has 1 saturated heterocycles. The number of carboxylic acids is 1. The summed E-state index contributed by atoms with van der Waals surface area (Å²) in [4.78, 5) is 15.5. The largest absolute Gasteiger partial charge is 0.503 e. The van der Waals surface area contributed by atoms with E-state index in [9.17, 15) is 44.2 Å². The van der Waals surface area contributed by atoms with Crippen molar-refractivity contribution >= 4 is 23.1 Å². The van der Waals surface area contributed by atoms with Gasteiger partial charge >= 0.3 is 5.97 Å². The number of aliphatic carboxylic acids is 1. The van der Waals surface area contributed by atoms with E-state index in [0.29, 0.717) is 0 Å². The van der Waals surface area contributed by atoms with Crippen LogP contribution in [0.4, 0.5) is 8.78 Å². The number of ether oxygens (including phenoxy) is 1. The first-order chi connectivity index (χ1) is 15.5. The molecule has 6 N–H and O–H groups in total. The van der Waals surface area contributed by atoms with Gasteiger partial charge in [0.1, 0.15) is 23.8 Å². The first-order valence-electron chi connectivity index (χ1n) is 9.41. The van der Waals surface area contributed by atoms with E-state index >= 15 is 0 Å². The van der Waals surface area contributed by atoms with Crippen molar-refractivity contribution in [2.75, 3.05) is 0 Å². The Morgan fingerprint density at radius 3 is 2.33 bits per heavy atom. The van der Waals surface area contributed by atoms with Gasteiger partial charge in [0.15, 0.2) is 29.1 Å². The number of carbonyl (C=O) groups is 1. The van der Waals surface area contributed by atoms with Gasteiger partial charge in [0, 0.05) is 16.7 Å². The molecule has 0 aliphatic carbocycles. The summed E-state index contributed by atoms with van der Waals surface area (Å²) in [5, 5.41) is 59.8. The number of aliphatic hydroxyl groups is 4. The number of fused-ring (bicyclic) bond motifs is 1. The molecule has 0 saturated carbocycles. The number of hydrogen-bond donors (Lipinski definition) is 6. The van der Waals surface area contributed by atoms with Crippen LogP contribution in [0.15, 0.2) is 35.3 Å². The van der Waals surface area contributed by atoms with Crippen molar-refractivity contribution in [3.05, 3.63) is 53.6 Å². The topological polar surface area (TPSA) is 174 Å². The Kier molecular flexibility index (Phi) is 5.42. The Morgan fingerprint density at radius 1 is 1.12 bits per heavy atom. The number of rotatable bonds is 4. The van der Waals surface area contributed by atoms with Crippen LogP contribution in [0.3, 0.4) is 0 Å². The number of carboxylic acid groups (broad SMARTS) is 1. The lowest BCUT2D eigenvalue weighted by Gasteiger charge is -2.44. The Morgan fingerprint density at radius 2 is 1.76 bits per heavy atom. The van der Waals surface area contributed by atoms with Crippen LogP contribution >= 0.6 is 0 Å². The molecular formula is C21H17F2NO9. The Labute approximate surface area is 183 Å². The average molecular weight is 465 g/mol. The van der Waals surface area contributed by atoms with E-state index in [-0.39, 0.29) is 33.7 Å². The number of phenolic OH excluding ortho intramolecular Hbond substituents is 1. The third-order valence-corrected chi connectivity index (χ3v) is 5.35. The minimum atomic E-state index is -2.79. The third kappa shape index (κ3) is 3.53. The lowest BCUT2D eigenvalue weighted by atomic mass is 9.87. The summed E-state index contributed by atoms with van der Waals surface area (Å²) < 4.78 is 38.1. The lowest BCUT2D eigenvalue weighted by molar-refractivity contribution is -0.349. The van der Waals surface area contributed by atoms with Crippen LogP contribution in [0, 0.1) is 11.6 Å². The van der Waals surface area contributed by atoms with Gasteiger partial charge in [0.25, 0.3) is 0 Å². The summed E-state index contributed by atoms with van der Waals surface area (Å²) in [6.45, 7) is 3.59. The molecule has 10 nitrogen and oxygen atoms in total. The summed E-state index contributed by atoms with van der Waals surface area (Å²) in [6.07, 6.45) is -7.09. The SMILES string of the molecule is C=Cc1cc(C2(O)O[C@H](C(=O)O)[C@@H](O)[C@H](O)[C@H]2O)cc2nc(-c3cc(F)c(O)c(F)c3)oc12. The second kappa shape index (κ2) is 7.86. The lowest BCUT2D eigenvalue weighted by Crippen LogP contribution is -2.64. The van der Waals surface area contributed by atoms with E-state index in [1.54, 1.807) is 0 Å². The monoisotopic (exact) mass is 465 g/mol. The van der Waals surface area contributed by atoms with E-state index in [1.807, 2.05) is 0 Å². The molecule has 4 rings (SSSR count). The number of aromatic nitrogens is 1. The maximum atomic E-state index is 13.8. The number of oxazole rings is 1. The smallest absolute Gasteiger partial charge is 0.335 e. The molecule has 0 amide bonds. The Bertz CT molecular complexity index is 1250. The van der Waals surface area contributed by atoms with Gasteiger partial charge in [-0.2, -0.15) is 0 Å². The van der Waals surface area contributed by atoms with Crippen molar-refractivity contribution in [3.8, 4) is 17.2 Å². The molecule has 1 fully saturated rings. The van der Waals surface area contributed by atoms with Crippen LogP contribution in [0.5, 0.6) is 5.75 Å². The number of aliphatic hydroxyl groups excluding tert-OH is 3. The van der Waals surface area contributed by atoms with Crippen molar-refractivity contribution in [2.24, 2.45) is 0 Å². The van der Waals surface area contributed by atoms with Crippen molar-refractivity contribution in [2.45, 2.75) is 30.2 Å². The molecule has 0 radical (unpaired) electrons. The van der Waals surface area contributed by atoms with Gasteiger partial charge in [-0.05, 0) is 24.3 Å². The van der Waals surface area contributed by atoms with E-state index in [0.717, 1.165) is 18.2 Å². The first kappa shape index (κ1) is 22.8. The highest BCUT2D eigenvalue weighted by Crippen LogP contribution is 2.39. The summed E-state index contributed by atoms with van der Waals surface area (Å²) >= 11 is 0. The van der Waals surface area contributed by atoms with E-state index in [1.165, 1.54) is 12.1 Å². The first-order valence-corrected chi connectivity index (χ1v) is 9.41. The van der Waals surface area contributed by atoms with Crippen LogP contribution in [0.25, 0.3) is 28.6 Å². The van der Waals surface area contributed by atoms with Gasteiger partial charge in [0.2, 0.25) is 11.7 Å². The second-order valence-electron chi connectivity index (χ2n) is 7.42. The average Bonchev–Trinajstić information content (AvgIpc) is 3.21. The molecule has 174 valence electrons. The molecule has 0 spiro atoms. The Balaban J connectivity index is 1.86. The normalized spacial score (nSPS) is 27.6. The second-order valence-corrected chi connectivity index (χ2v) is 7.42. The zero-order valence-corrected chi connectivity index (χ0v) is 16.5. The molecule has 5 atom stereocenters. The number of hydrogen-bond acceptors (Lipinski definition) is 9. The van der Waals surface area contributed by atoms with Crippen LogP contribution in [-0.2, 0) is 15.3 Å². The molecule has 1 aromatic heterocycles. The number of benzene rings is 2. The molecule has 2 aromatic carbocycles. The van der Waals surface area contributed by atoms with Crippen LogP contribution < -0.4 is 0 Å². The molecule has 1 aliphatic heterocycles. The van der Waals surface area contributed by atoms with Gasteiger partial charge in [-0.3, -0.25) is 0 Å². The molecule has 1 aliphatic rings. The molecule has 33 heavy (non-hydrogen) atoms. The highest BCUT2D eigenvalue weighted by atomic mass is 19.1. The Hall–Kier alpha value is -3.42. The van der Waals surface area contributed by atoms with Crippen molar-refractivity contribution < 1.29 is 53.4 Å². The van der Waals surface area contributed by atoms with E-state index < -0.39 is 53.6 Å². The zero-order chi connectivity index (χ0) is 24.2. The third-order valence-electron chi connectivity index (χ3n) is 5.35. The molecule has 3 aromatic rings. The number of aromatic hydroxyl groups is 1. The minimum Gasteiger partial charge on any atom is -0.503 e. The van der Waals surface area contributed by atoms with Gasteiger partial charge in [-0.25, -0.2) is 18.6 Å². The standard InChI is InChI=1S/C21H17F2NO9/c1-2-7-3-9(21(31)18(28)15(27)14(26)17(33-21)20(29)30)6-12-16(7)32-19(24-12)8-4-10(22)13(25)11(23)5-8/h2-6,14-15,17-18,25-28,31H,1H2,(H,29,30)/t14-,15-,17-,18+,21?/m0/s1. The highest BCUT2D eigenvalue weighted by Gasteiger charge is 2.56. The minimum absolute atomic E-state index is 0.0111. The van der Waals surface area contributed by atoms with Gasteiger partial charge < -0.3 is 39.8 Å². The summed E-state index contributed by atoms with van der Waals surface area (Å²) in [6, 6.07) is 3.91. The summed E-state index contributed by atoms with van der Waals surface area (Å²) in [5.41, 5.74) is -0.215. The molecule has 0 bridgehead atoms. The highest BCUT2D eigenvalue weighted by molar-refractivity contribution is 5.86. The van der Waals surface area contributed by atoms with Crippen molar-refractivity contribution in [1.29, 1.82) is 0 Å². The molecular weight excluding hydrogens is 448 g/mol. The van der Waals surface area contributed by atoms with Crippen molar-refractivity contribution in [3.63, 3.8) is 0 Å². The number of nitrogens with zero attached hydrogens (tertiary/aromatic N) is 1. The summed E-state index contributed by atoms with van der Waals surface area (Å²) in [5.74, 6) is -8.43. The van der Waals surface area contributed by atoms with Gasteiger partial charge in [-0.1, -0.05) is 12.7 Å². The molecule has 1 unspecified atom stereocenters. The number of phenols is 1. The predicted octanol–water partition coefficient (Wildman–Crippen LogP) is 0.833. The van der Waals surface area contributed by atoms with Gasteiger partial charge in [-0.15, -0.1) is 0 Å². The van der Waals surface area contributed by atoms with Crippen LogP contribution in [-0.4, -0.2) is 66.0 Å². The van der Waals surface area contributed by atoms with E-state index in [2.05, 4.69) is 11.6 Å². The summed E-state index contributed by atoms with van der Waals surface area (Å²) in [7, 11) is 0. The maximum absolute atomic E-state index is 13.8. The van der Waals surface area contributed by atoms with E-state index in [4.69, 9.17) is 9.15 Å². The molecule has 12 heteroatoms.